The maximum Gasteiger partial charge on any atom is 0.358 e. The molecule has 28 heavy (non-hydrogen) atoms. The number of rotatable bonds is 6. The highest BCUT2D eigenvalue weighted by Crippen LogP contribution is 2.24. The number of carbonyl (C=O) groups is 2. The normalized spacial score (nSPS) is 11.7. The van der Waals surface area contributed by atoms with Crippen molar-refractivity contribution in [3.63, 3.8) is 0 Å². The lowest BCUT2D eigenvalue weighted by Gasteiger charge is -2.13. The van der Waals surface area contributed by atoms with Crippen molar-refractivity contribution in [1.82, 2.24) is 4.98 Å². The summed E-state index contributed by atoms with van der Waals surface area (Å²) >= 11 is 1.37. The van der Waals surface area contributed by atoms with Crippen molar-refractivity contribution in [3.05, 3.63) is 70.7 Å². The van der Waals surface area contributed by atoms with E-state index < -0.39 is 12.1 Å². The average molecular weight is 394 g/mol. The number of anilines is 1. The first-order valence-electron chi connectivity index (χ1n) is 9.09. The summed E-state index contributed by atoms with van der Waals surface area (Å²) in [5.41, 5.74) is 4.15. The molecule has 1 heterocycles. The minimum Gasteiger partial charge on any atom is -0.448 e. The Labute approximate surface area is 168 Å². The van der Waals surface area contributed by atoms with E-state index >= 15 is 0 Å². The Bertz CT molecular complexity index is 962. The number of carbonyl (C=O) groups excluding carboxylic acids is 2. The van der Waals surface area contributed by atoms with Gasteiger partial charge < -0.3 is 10.1 Å². The highest BCUT2D eigenvalue weighted by Gasteiger charge is 2.21. The zero-order valence-electron chi connectivity index (χ0n) is 16.1. The van der Waals surface area contributed by atoms with E-state index in [-0.39, 0.29) is 11.6 Å². The van der Waals surface area contributed by atoms with E-state index in [9.17, 15) is 9.59 Å². The van der Waals surface area contributed by atoms with Crippen LogP contribution in [0, 0.1) is 6.92 Å². The lowest BCUT2D eigenvalue weighted by atomic mass is 10.1. The first kappa shape index (κ1) is 19.8. The summed E-state index contributed by atoms with van der Waals surface area (Å²) in [6.45, 7) is 5.62. The molecule has 3 aromatic rings. The number of amides is 1. The lowest BCUT2D eigenvalue weighted by molar-refractivity contribution is -0.123. The Morgan fingerprint density at radius 1 is 1.11 bits per heavy atom. The van der Waals surface area contributed by atoms with E-state index in [0.717, 1.165) is 22.6 Å². The molecular formula is C22H22N2O3S. The lowest BCUT2D eigenvalue weighted by Crippen LogP contribution is -2.30. The van der Waals surface area contributed by atoms with Crippen LogP contribution in [0.2, 0.25) is 0 Å². The third kappa shape index (κ3) is 4.84. The highest BCUT2D eigenvalue weighted by atomic mass is 32.1. The number of thiazole rings is 1. The van der Waals surface area contributed by atoms with Crippen LogP contribution in [-0.4, -0.2) is 23.0 Å². The molecule has 0 saturated carbocycles. The van der Waals surface area contributed by atoms with Crippen LogP contribution in [0.1, 0.15) is 35.5 Å². The molecule has 2 aromatic carbocycles. The Morgan fingerprint density at radius 2 is 1.79 bits per heavy atom. The Morgan fingerprint density at radius 3 is 2.43 bits per heavy atom. The molecule has 1 N–H and O–H groups in total. The van der Waals surface area contributed by atoms with E-state index in [1.807, 2.05) is 55.5 Å². The monoisotopic (exact) mass is 394 g/mol. The van der Waals surface area contributed by atoms with Crippen molar-refractivity contribution in [3.8, 4) is 10.6 Å². The van der Waals surface area contributed by atoms with Gasteiger partial charge in [0.15, 0.2) is 11.8 Å². The number of hydrogen-bond acceptors (Lipinski definition) is 5. The summed E-state index contributed by atoms with van der Waals surface area (Å²) in [4.78, 5) is 29.0. The Kier molecular flexibility index (Phi) is 6.21. The smallest absolute Gasteiger partial charge is 0.358 e. The fraction of sp³-hybridized carbons (Fsp3) is 0.227. The van der Waals surface area contributed by atoms with E-state index in [0.29, 0.717) is 5.69 Å². The number of benzene rings is 2. The maximum absolute atomic E-state index is 12.3. The minimum atomic E-state index is -0.928. The summed E-state index contributed by atoms with van der Waals surface area (Å²) in [5, 5.41) is 5.13. The Hall–Kier alpha value is -2.99. The van der Waals surface area contributed by atoms with Gasteiger partial charge in [0.1, 0.15) is 5.01 Å². The molecule has 1 atom stereocenters. The third-order valence-corrected chi connectivity index (χ3v) is 5.19. The van der Waals surface area contributed by atoms with E-state index in [4.69, 9.17) is 4.74 Å². The third-order valence-electron chi connectivity index (χ3n) is 4.29. The van der Waals surface area contributed by atoms with E-state index in [2.05, 4.69) is 17.2 Å². The second kappa shape index (κ2) is 8.80. The van der Waals surface area contributed by atoms with Crippen molar-refractivity contribution < 1.29 is 14.3 Å². The number of aryl methyl sites for hydroxylation is 2. The fourth-order valence-corrected chi connectivity index (χ4v) is 3.33. The van der Waals surface area contributed by atoms with Gasteiger partial charge in [-0.05, 0) is 38.0 Å². The van der Waals surface area contributed by atoms with Crippen LogP contribution < -0.4 is 5.32 Å². The molecule has 0 saturated heterocycles. The molecule has 0 aliphatic heterocycles. The number of hydrogen-bond donors (Lipinski definition) is 1. The summed E-state index contributed by atoms with van der Waals surface area (Å²) in [6, 6.07) is 15.5. The molecule has 1 aromatic heterocycles. The molecule has 144 valence electrons. The van der Waals surface area contributed by atoms with Gasteiger partial charge in [-0.25, -0.2) is 9.78 Å². The molecule has 6 heteroatoms. The quantitative estimate of drug-likeness (QED) is 0.606. The standard InChI is InChI=1S/C22H22N2O3S/c1-4-16-7-11-18(12-8-16)23-20(25)15(3)27-22(26)19-13-28-21(24-19)17-9-5-14(2)6-10-17/h5-13,15H,4H2,1-3H3,(H,23,25). The Balaban J connectivity index is 1.60. The van der Waals surface area contributed by atoms with Crippen molar-refractivity contribution in [2.24, 2.45) is 0 Å². The largest absolute Gasteiger partial charge is 0.448 e. The maximum atomic E-state index is 12.3. The second-order valence-electron chi connectivity index (χ2n) is 6.49. The number of ether oxygens (including phenoxy) is 1. The SMILES string of the molecule is CCc1ccc(NC(=O)C(C)OC(=O)c2csc(-c3ccc(C)cc3)n2)cc1. The molecule has 1 amide bonds. The predicted molar refractivity (Wildman–Crippen MR) is 112 cm³/mol. The molecule has 0 aliphatic carbocycles. The van der Waals surface area contributed by atoms with Crippen LogP contribution in [0.25, 0.3) is 10.6 Å². The molecule has 0 radical (unpaired) electrons. The van der Waals surface area contributed by atoms with Gasteiger partial charge in [0.2, 0.25) is 0 Å². The van der Waals surface area contributed by atoms with Crippen molar-refractivity contribution >= 4 is 28.9 Å². The number of esters is 1. The number of aromatic nitrogens is 1. The van der Waals surface area contributed by atoms with Gasteiger partial charge in [0, 0.05) is 16.6 Å². The van der Waals surface area contributed by atoms with Gasteiger partial charge in [-0.1, -0.05) is 48.9 Å². The summed E-state index contributed by atoms with van der Waals surface area (Å²) in [6.07, 6.45) is 0.00312. The molecule has 0 fully saturated rings. The van der Waals surface area contributed by atoms with Crippen molar-refractivity contribution in [2.45, 2.75) is 33.3 Å². The summed E-state index contributed by atoms with van der Waals surface area (Å²) in [5.74, 6) is -0.995. The average Bonchev–Trinajstić information content (AvgIpc) is 3.19. The van der Waals surface area contributed by atoms with Gasteiger partial charge in [0.05, 0.1) is 0 Å². The highest BCUT2D eigenvalue weighted by molar-refractivity contribution is 7.13. The van der Waals surface area contributed by atoms with Crippen LogP contribution in [0.3, 0.4) is 0 Å². The van der Waals surface area contributed by atoms with Gasteiger partial charge in [-0.3, -0.25) is 4.79 Å². The summed E-state index contributed by atoms with van der Waals surface area (Å²) < 4.78 is 5.28. The predicted octanol–water partition coefficient (Wildman–Crippen LogP) is 4.86. The second-order valence-corrected chi connectivity index (χ2v) is 7.35. The van der Waals surface area contributed by atoms with Crippen molar-refractivity contribution in [1.29, 1.82) is 0 Å². The topological polar surface area (TPSA) is 68.3 Å². The van der Waals surface area contributed by atoms with Crippen LogP contribution in [0.5, 0.6) is 0 Å². The van der Waals surface area contributed by atoms with Crippen LogP contribution >= 0.6 is 11.3 Å². The van der Waals surface area contributed by atoms with Gasteiger partial charge in [-0.15, -0.1) is 11.3 Å². The molecule has 3 rings (SSSR count). The first-order chi connectivity index (χ1) is 13.5. The van der Waals surface area contributed by atoms with E-state index in [1.54, 1.807) is 12.3 Å². The zero-order valence-corrected chi connectivity index (χ0v) is 16.9. The molecule has 0 spiro atoms. The van der Waals surface area contributed by atoms with Crippen molar-refractivity contribution in [2.75, 3.05) is 5.32 Å². The zero-order chi connectivity index (χ0) is 20.1. The van der Waals surface area contributed by atoms with Gasteiger partial charge >= 0.3 is 5.97 Å². The first-order valence-corrected chi connectivity index (χ1v) is 9.97. The van der Waals surface area contributed by atoms with Crippen LogP contribution in [-0.2, 0) is 16.0 Å². The molecule has 5 nitrogen and oxygen atoms in total. The summed E-state index contributed by atoms with van der Waals surface area (Å²) in [7, 11) is 0. The van der Waals surface area contributed by atoms with Gasteiger partial charge in [-0.2, -0.15) is 0 Å². The number of nitrogens with zero attached hydrogens (tertiary/aromatic N) is 1. The van der Waals surface area contributed by atoms with Crippen LogP contribution in [0.4, 0.5) is 5.69 Å². The number of nitrogens with one attached hydrogen (secondary N) is 1. The fourth-order valence-electron chi connectivity index (χ4n) is 2.54. The van der Waals surface area contributed by atoms with E-state index in [1.165, 1.54) is 16.9 Å². The molecular weight excluding hydrogens is 372 g/mol. The molecule has 0 bridgehead atoms. The molecule has 1 unspecified atom stereocenters. The van der Waals surface area contributed by atoms with Gasteiger partial charge in [0.25, 0.3) is 5.91 Å². The molecule has 0 aliphatic rings. The van der Waals surface area contributed by atoms with Crippen LogP contribution in [0.15, 0.2) is 53.9 Å². The minimum absolute atomic E-state index is 0.201.